The van der Waals surface area contributed by atoms with Gasteiger partial charge in [0.25, 0.3) is 11.8 Å². The number of hydrogen-bond donors (Lipinski definition) is 1. The van der Waals surface area contributed by atoms with Gasteiger partial charge in [-0.25, -0.2) is 0 Å². The Balaban J connectivity index is 1.39. The number of aromatic nitrogens is 2. The smallest absolute Gasteiger partial charge is 0.273 e. The van der Waals surface area contributed by atoms with E-state index in [9.17, 15) is 9.59 Å². The Morgan fingerprint density at radius 1 is 1.06 bits per heavy atom. The minimum atomic E-state index is -0.226. The molecule has 1 unspecified atom stereocenters. The number of hydrogen-bond acceptors (Lipinski definition) is 5. The lowest BCUT2D eigenvalue weighted by atomic mass is 9.80. The molecule has 1 atom stereocenters. The van der Waals surface area contributed by atoms with E-state index in [1.165, 1.54) is 6.42 Å². The van der Waals surface area contributed by atoms with Crippen LogP contribution in [0.4, 0.5) is 5.69 Å². The Morgan fingerprint density at radius 3 is 2.62 bits per heavy atom. The fraction of sp³-hybridized carbons (Fsp3) is 0.407. The van der Waals surface area contributed by atoms with Crippen LogP contribution in [0, 0.1) is 5.92 Å². The number of pyridine rings is 1. The van der Waals surface area contributed by atoms with Gasteiger partial charge in [-0.1, -0.05) is 36.6 Å². The SMILES string of the molecule is CN(C(=O)c1cccc(C(NC(=O)c2cc(C3CC3)on2)C2CCCCC2)c1)c1cccnc1. The van der Waals surface area contributed by atoms with Crippen molar-refractivity contribution in [2.75, 3.05) is 11.9 Å². The van der Waals surface area contributed by atoms with Gasteiger partial charge in [0.15, 0.2) is 5.69 Å². The Bertz CT molecular complexity index is 1150. The Morgan fingerprint density at radius 2 is 1.88 bits per heavy atom. The highest BCUT2D eigenvalue weighted by Gasteiger charge is 2.31. The molecule has 2 heterocycles. The summed E-state index contributed by atoms with van der Waals surface area (Å²) < 4.78 is 5.40. The van der Waals surface area contributed by atoms with Gasteiger partial charge >= 0.3 is 0 Å². The third kappa shape index (κ3) is 4.88. The molecule has 2 amide bonds. The topological polar surface area (TPSA) is 88.3 Å². The molecular formula is C27H30N4O3. The van der Waals surface area contributed by atoms with Crippen molar-refractivity contribution in [2.24, 2.45) is 5.92 Å². The van der Waals surface area contributed by atoms with Gasteiger partial charge in [0.05, 0.1) is 17.9 Å². The van der Waals surface area contributed by atoms with E-state index in [1.54, 1.807) is 30.4 Å². The van der Waals surface area contributed by atoms with Gasteiger partial charge in [-0.2, -0.15) is 0 Å². The van der Waals surface area contributed by atoms with E-state index in [0.29, 0.717) is 23.1 Å². The van der Waals surface area contributed by atoms with E-state index in [4.69, 9.17) is 4.52 Å². The number of benzene rings is 1. The van der Waals surface area contributed by atoms with Crippen molar-refractivity contribution < 1.29 is 14.1 Å². The zero-order valence-electron chi connectivity index (χ0n) is 19.4. The molecule has 0 spiro atoms. The molecule has 5 rings (SSSR count). The van der Waals surface area contributed by atoms with Crippen LogP contribution in [0.25, 0.3) is 0 Å². The van der Waals surface area contributed by atoms with Crippen molar-refractivity contribution in [3.63, 3.8) is 0 Å². The minimum absolute atomic E-state index is 0.117. The van der Waals surface area contributed by atoms with Crippen LogP contribution in [0.1, 0.15) is 89.1 Å². The van der Waals surface area contributed by atoms with Crippen molar-refractivity contribution in [2.45, 2.75) is 56.9 Å². The number of nitrogens with one attached hydrogen (secondary N) is 1. The highest BCUT2D eigenvalue weighted by atomic mass is 16.5. The maximum atomic E-state index is 13.2. The van der Waals surface area contributed by atoms with Gasteiger partial charge < -0.3 is 14.7 Å². The van der Waals surface area contributed by atoms with E-state index < -0.39 is 0 Å². The van der Waals surface area contributed by atoms with Crippen LogP contribution >= 0.6 is 0 Å². The molecule has 7 heteroatoms. The molecule has 176 valence electrons. The molecule has 2 aromatic heterocycles. The lowest BCUT2D eigenvalue weighted by Crippen LogP contribution is -2.35. The highest BCUT2D eigenvalue weighted by molar-refractivity contribution is 6.05. The summed E-state index contributed by atoms with van der Waals surface area (Å²) in [7, 11) is 1.74. The Labute approximate surface area is 199 Å². The highest BCUT2D eigenvalue weighted by Crippen LogP contribution is 2.40. The molecule has 1 N–H and O–H groups in total. The molecule has 0 radical (unpaired) electrons. The summed E-state index contributed by atoms with van der Waals surface area (Å²) in [6, 6.07) is 12.9. The first-order valence-electron chi connectivity index (χ1n) is 12.2. The molecule has 2 aliphatic carbocycles. The van der Waals surface area contributed by atoms with E-state index in [0.717, 1.165) is 55.5 Å². The molecule has 7 nitrogen and oxygen atoms in total. The molecule has 0 aliphatic heterocycles. The molecule has 34 heavy (non-hydrogen) atoms. The van der Waals surface area contributed by atoms with Gasteiger partial charge in [0.1, 0.15) is 5.76 Å². The van der Waals surface area contributed by atoms with E-state index in [1.807, 2.05) is 36.4 Å². The van der Waals surface area contributed by atoms with Crippen LogP contribution in [-0.4, -0.2) is 29.0 Å². The molecule has 3 aromatic rings. The summed E-state index contributed by atoms with van der Waals surface area (Å²) >= 11 is 0. The minimum Gasteiger partial charge on any atom is -0.360 e. The summed E-state index contributed by atoms with van der Waals surface area (Å²) in [6.45, 7) is 0. The maximum Gasteiger partial charge on any atom is 0.273 e. The van der Waals surface area contributed by atoms with Crippen molar-refractivity contribution >= 4 is 17.5 Å². The van der Waals surface area contributed by atoms with Gasteiger partial charge in [-0.05, 0) is 61.4 Å². The number of carbonyl (C=O) groups is 2. The zero-order chi connectivity index (χ0) is 23.5. The van der Waals surface area contributed by atoms with Gasteiger partial charge in [0, 0.05) is 30.8 Å². The van der Waals surface area contributed by atoms with E-state index in [-0.39, 0.29) is 17.9 Å². The molecule has 2 fully saturated rings. The summed E-state index contributed by atoms with van der Waals surface area (Å²) in [5.41, 5.74) is 2.58. The predicted octanol–water partition coefficient (Wildman–Crippen LogP) is 5.28. The first-order chi connectivity index (χ1) is 16.6. The Hall–Kier alpha value is -3.48. The number of nitrogens with zero attached hydrogens (tertiary/aromatic N) is 3. The summed E-state index contributed by atoms with van der Waals surface area (Å²) in [5, 5.41) is 7.24. The van der Waals surface area contributed by atoms with Crippen molar-refractivity contribution in [3.05, 3.63) is 77.4 Å². The first-order valence-corrected chi connectivity index (χ1v) is 12.2. The molecule has 0 saturated heterocycles. The fourth-order valence-electron chi connectivity index (χ4n) is 4.84. The quantitative estimate of drug-likeness (QED) is 0.521. The van der Waals surface area contributed by atoms with Gasteiger partial charge in [-0.15, -0.1) is 0 Å². The van der Waals surface area contributed by atoms with Crippen molar-refractivity contribution in [1.29, 1.82) is 0 Å². The zero-order valence-corrected chi connectivity index (χ0v) is 19.4. The lowest BCUT2D eigenvalue weighted by molar-refractivity contribution is 0.0903. The van der Waals surface area contributed by atoms with Crippen LogP contribution in [-0.2, 0) is 0 Å². The third-order valence-corrected chi connectivity index (χ3v) is 6.98. The third-order valence-electron chi connectivity index (χ3n) is 6.98. The molecule has 2 saturated carbocycles. The number of carbonyl (C=O) groups excluding carboxylic acids is 2. The largest absolute Gasteiger partial charge is 0.360 e. The van der Waals surface area contributed by atoms with Crippen LogP contribution in [0.15, 0.2) is 59.4 Å². The average molecular weight is 459 g/mol. The summed E-state index contributed by atoms with van der Waals surface area (Å²) in [5.74, 6) is 1.17. The normalized spacial score (nSPS) is 17.2. The van der Waals surface area contributed by atoms with Crippen LogP contribution in [0.5, 0.6) is 0 Å². The van der Waals surface area contributed by atoms with Crippen LogP contribution in [0.3, 0.4) is 0 Å². The maximum absolute atomic E-state index is 13.2. The summed E-state index contributed by atoms with van der Waals surface area (Å²) in [4.78, 5) is 32.0. The first kappa shape index (κ1) is 22.3. The van der Waals surface area contributed by atoms with Gasteiger partial charge in [-0.3, -0.25) is 14.6 Å². The van der Waals surface area contributed by atoms with Crippen molar-refractivity contribution in [1.82, 2.24) is 15.5 Å². The fourth-order valence-corrected chi connectivity index (χ4v) is 4.84. The standard InChI is InChI=1S/C27H30N4O3/c1-31(22-11-6-14-28-17-22)27(33)21-10-5-9-20(15-21)25(19-7-3-2-4-8-19)29-26(32)23-16-24(34-30-23)18-12-13-18/h5-6,9-11,14-19,25H,2-4,7-8,12-13H2,1H3,(H,29,32). The lowest BCUT2D eigenvalue weighted by Gasteiger charge is -2.31. The van der Waals surface area contributed by atoms with E-state index >= 15 is 0 Å². The van der Waals surface area contributed by atoms with Crippen LogP contribution < -0.4 is 10.2 Å². The second kappa shape index (κ2) is 9.79. The number of amides is 2. The summed E-state index contributed by atoms with van der Waals surface area (Å²) in [6.07, 6.45) is 11.1. The number of anilines is 1. The second-order valence-corrected chi connectivity index (χ2v) is 9.44. The van der Waals surface area contributed by atoms with Crippen molar-refractivity contribution in [3.8, 4) is 0 Å². The predicted molar refractivity (Wildman–Crippen MR) is 129 cm³/mol. The van der Waals surface area contributed by atoms with Crippen LogP contribution in [0.2, 0.25) is 0 Å². The molecule has 1 aromatic carbocycles. The monoisotopic (exact) mass is 458 g/mol. The molecular weight excluding hydrogens is 428 g/mol. The second-order valence-electron chi connectivity index (χ2n) is 9.44. The van der Waals surface area contributed by atoms with Gasteiger partial charge in [0.2, 0.25) is 0 Å². The molecule has 2 aliphatic rings. The molecule has 0 bridgehead atoms. The van der Waals surface area contributed by atoms with E-state index in [2.05, 4.69) is 15.5 Å². The number of rotatable bonds is 7. The Kier molecular flexibility index (Phi) is 6.43. The average Bonchev–Trinajstić information content (AvgIpc) is 3.63.